The first kappa shape index (κ1) is 14.5. The Balaban J connectivity index is 2.06. The molecule has 0 spiro atoms. The van der Waals surface area contributed by atoms with Gasteiger partial charge in [0.2, 0.25) is 5.91 Å². The lowest BCUT2D eigenvalue weighted by Gasteiger charge is -2.27. The molecule has 1 aromatic carbocycles. The zero-order chi connectivity index (χ0) is 14.0. The lowest BCUT2D eigenvalue weighted by molar-refractivity contribution is -0.127. The number of benzene rings is 1. The number of halogens is 1. The van der Waals surface area contributed by atoms with E-state index in [0.29, 0.717) is 5.92 Å². The second kappa shape index (κ2) is 5.63. The molecule has 2 rings (SSSR count). The fourth-order valence-corrected chi connectivity index (χ4v) is 2.56. The summed E-state index contributed by atoms with van der Waals surface area (Å²) < 4.78 is 1.04. The number of nitrogens with one attached hydrogen (secondary N) is 1. The van der Waals surface area contributed by atoms with E-state index in [0.717, 1.165) is 29.3 Å². The van der Waals surface area contributed by atoms with Crippen LogP contribution in [-0.4, -0.2) is 11.4 Å². The van der Waals surface area contributed by atoms with E-state index in [9.17, 15) is 4.79 Å². The van der Waals surface area contributed by atoms with Crippen LogP contribution in [0.25, 0.3) is 0 Å². The van der Waals surface area contributed by atoms with Gasteiger partial charge in [-0.1, -0.05) is 35.0 Å². The molecule has 1 aliphatic rings. The molecular weight excluding hydrogens is 304 g/mol. The van der Waals surface area contributed by atoms with Crippen LogP contribution in [0.3, 0.4) is 0 Å². The highest BCUT2D eigenvalue weighted by molar-refractivity contribution is 9.10. The molecule has 4 heteroatoms. The number of nitrogens with two attached hydrogens (primary N) is 1. The molecule has 1 aliphatic carbocycles. The van der Waals surface area contributed by atoms with Gasteiger partial charge in [-0.05, 0) is 49.8 Å². The van der Waals surface area contributed by atoms with Gasteiger partial charge in [0.05, 0.1) is 11.6 Å². The highest BCUT2D eigenvalue weighted by atomic mass is 79.9. The minimum Gasteiger partial charge on any atom is -0.348 e. The number of rotatable bonds is 5. The van der Waals surface area contributed by atoms with Gasteiger partial charge in [-0.2, -0.15) is 0 Å². The molecule has 1 aromatic rings. The van der Waals surface area contributed by atoms with Gasteiger partial charge < -0.3 is 11.1 Å². The summed E-state index contributed by atoms with van der Waals surface area (Å²) in [5.74, 6) is 0.305. The molecule has 0 bridgehead atoms. The monoisotopic (exact) mass is 324 g/mol. The second-order valence-corrected chi connectivity index (χ2v) is 6.46. The fourth-order valence-electron chi connectivity index (χ4n) is 2.30. The van der Waals surface area contributed by atoms with E-state index in [1.54, 1.807) is 0 Å². The summed E-state index contributed by atoms with van der Waals surface area (Å²) in [6.45, 7) is 3.91. The van der Waals surface area contributed by atoms with Gasteiger partial charge >= 0.3 is 0 Å². The van der Waals surface area contributed by atoms with Crippen molar-refractivity contribution in [3.05, 3.63) is 34.3 Å². The molecule has 19 heavy (non-hydrogen) atoms. The third-order valence-electron chi connectivity index (χ3n) is 3.90. The molecule has 0 saturated heterocycles. The van der Waals surface area contributed by atoms with Gasteiger partial charge in [-0.25, -0.2) is 0 Å². The zero-order valence-corrected chi connectivity index (χ0v) is 13.0. The van der Waals surface area contributed by atoms with Crippen LogP contribution in [0, 0.1) is 5.92 Å². The number of carbonyl (C=O) groups is 1. The maximum Gasteiger partial charge on any atom is 0.240 e. The Morgan fingerprint density at radius 1 is 1.47 bits per heavy atom. The van der Waals surface area contributed by atoms with Crippen LogP contribution >= 0.6 is 15.9 Å². The van der Waals surface area contributed by atoms with Crippen molar-refractivity contribution in [3.8, 4) is 0 Å². The van der Waals surface area contributed by atoms with Crippen LogP contribution in [-0.2, 0) is 4.79 Å². The second-order valence-electron chi connectivity index (χ2n) is 5.54. The molecular formula is C15H21BrN2O. The zero-order valence-electron chi connectivity index (χ0n) is 11.4. The summed E-state index contributed by atoms with van der Waals surface area (Å²) in [4.78, 5) is 12.3. The van der Waals surface area contributed by atoms with Crippen molar-refractivity contribution in [3.63, 3.8) is 0 Å². The molecule has 1 saturated carbocycles. The first-order valence-electron chi connectivity index (χ1n) is 6.80. The molecule has 0 aromatic heterocycles. The summed E-state index contributed by atoms with van der Waals surface area (Å²) in [7, 11) is 0. The quantitative estimate of drug-likeness (QED) is 0.874. The van der Waals surface area contributed by atoms with Gasteiger partial charge in [-0.3, -0.25) is 4.79 Å². The standard InChI is InChI=1S/C15H21BrN2O/c1-3-13(10-4-8-12(16)9-5-10)18-14(19)15(2,17)11-6-7-11/h4-5,8-9,11,13H,3,6-7,17H2,1-2H3,(H,18,19). The van der Waals surface area contributed by atoms with Crippen molar-refractivity contribution in [1.82, 2.24) is 5.32 Å². The van der Waals surface area contributed by atoms with E-state index in [4.69, 9.17) is 5.73 Å². The van der Waals surface area contributed by atoms with Crippen molar-refractivity contribution >= 4 is 21.8 Å². The SMILES string of the molecule is CCC(NC(=O)C(C)(N)C1CC1)c1ccc(Br)cc1. The van der Waals surface area contributed by atoms with E-state index in [2.05, 4.69) is 28.2 Å². The molecule has 0 heterocycles. The lowest BCUT2D eigenvalue weighted by Crippen LogP contribution is -2.54. The van der Waals surface area contributed by atoms with Gasteiger partial charge in [0.1, 0.15) is 0 Å². The minimum absolute atomic E-state index is 0.0298. The van der Waals surface area contributed by atoms with Crippen LogP contribution in [0.1, 0.15) is 44.7 Å². The summed E-state index contributed by atoms with van der Waals surface area (Å²) in [5.41, 5.74) is 6.53. The average molecular weight is 325 g/mol. The lowest BCUT2D eigenvalue weighted by atomic mass is 9.94. The third-order valence-corrected chi connectivity index (χ3v) is 4.43. The smallest absolute Gasteiger partial charge is 0.240 e. The summed E-state index contributed by atoms with van der Waals surface area (Å²) in [6.07, 6.45) is 2.99. The molecule has 3 nitrogen and oxygen atoms in total. The van der Waals surface area contributed by atoms with Crippen molar-refractivity contribution in [1.29, 1.82) is 0 Å². The van der Waals surface area contributed by atoms with E-state index in [1.807, 2.05) is 31.2 Å². The molecule has 2 unspecified atom stereocenters. The molecule has 1 fully saturated rings. The first-order valence-corrected chi connectivity index (χ1v) is 7.59. The molecule has 1 amide bonds. The van der Waals surface area contributed by atoms with Crippen molar-refractivity contribution in [2.24, 2.45) is 11.7 Å². The minimum atomic E-state index is -0.733. The maximum atomic E-state index is 12.3. The Labute approximate surface area is 123 Å². The Morgan fingerprint density at radius 3 is 2.53 bits per heavy atom. The normalized spacial score (nSPS) is 19.6. The maximum absolute atomic E-state index is 12.3. The van der Waals surface area contributed by atoms with Gasteiger partial charge in [0.15, 0.2) is 0 Å². The van der Waals surface area contributed by atoms with E-state index >= 15 is 0 Å². The van der Waals surface area contributed by atoms with Crippen molar-refractivity contribution < 1.29 is 4.79 Å². The topological polar surface area (TPSA) is 55.1 Å². The molecule has 2 atom stereocenters. The van der Waals surface area contributed by atoms with E-state index in [-0.39, 0.29) is 11.9 Å². The van der Waals surface area contributed by atoms with Crippen LogP contribution in [0.2, 0.25) is 0 Å². The number of hydrogen-bond acceptors (Lipinski definition) is 2. The van der Waals surface area contributed by atoms with Crippen LogP contribution in [0.5, 0.6) is 0 Å². The molecule has 104 valence electrons. The van der Waals surface area contributed by atoms with Crippen LogP contribution in [0.15, 0.2) is 28.7 Å². The summed E-state index contributed by atoms with van der Waals surface area (Å²) >= 11 is 3.42. The van der Waals surface area contributed by atoms with Crippen molar-refractivity contribution in [2.75, 3.05) is 0 Å². The number of amides is 1. The van der Waals surface area contributed by atoms with Gasteiger partial charge in [-0.15, -0.1) is 0 Å². The molecule has 0 aliphatic heterocycles. The first-order chi connectivity index (χ1) is 8.95. The Morgan fingerprint density at radius 2 is 2.05 bits per heavy atom. The van der Waals surface area contributed by atoms with E-state index in [1.165, 1.54) is 0 Å². The van der Waals surface area contributed by atoms with Gasteiger partial charge in [0.25, 0.3) is 0 Å². The van der Waals surface area contributed by atoms with Crippen molar-refractivity contribution in [2.45, 2.75) is 44.7 Å². The fraction of sp³-hybridized carbons (Fsp3) is 0.533. The predicted octanol–water partition coefficient (Wildman–Crippen LogP) is 3.14. The highest BCUT2D eigenvalue weighted by Crippen LogP contribution is 2.38. The summed E-state index contributed by atoms with van der Waals surface area (Å²) in [5, 5.41) is 3.08. The molecule has 3 N–H and O–H groups in total. The summed E-state index contributed by atoms with van der Waals surface area (Å²) in [6, 6.07) is 8.08. The Kier molecular flexibility index (Phi) is 4.31. The predicted molar refractivity (Wildman–Crippen MR) is 80.6 cm³/mol. The van der Waals surface area contributed by atoms with Crippen LogP contribution < -0.4 is 11.1 Å². The Bertz CT molecular complexity index is 452. The number of carbonyl (C=O) groups excluding carboxylic acids is 1. The van der Waals surface area contributed by atoms with E-state index < -0.39 is 5.54 Å². The molecule has 0 radical (unpaired) electrons. The third kappa shape index (κ3) is 3.37. The largest absolute Gasteiger partial charge is 0.348 e. The Hall–Kier alpha value is -0.870. The number of hydrogen-bond donors (Lipinski definition) is 2. The highest BCUT2D eigenvalue weighted by Gasteiger charge is 2.44. The average Bonchev–Trinajstić information content (AvgIpc) is 3.21. The van der Waals surface area contributed by atoms with Gasteiger partial charge in [0, 0.05) is 4.47 Å². The van der Waals surface area contributed by atoms with Crippen LogP contribution in [0.4, 0.5) is 0 Å².